The molecule has 1 aromatic rings. The zero-order valence-corrected chi connectivity index (χ0v) is 11.6. The van der Waals surface area contributed by atoms with E-state index in [1.54, 1.807) is 6.92 Å². The van der Waals surface area contributed by atoms with Gasteiger partial charge in [0.25, 0.3) is 5.91 Å². The predicted octanol–water partition coefficient (Wildman–Crippen LogP) is 4.28. The first-order valence-electron chi connectivity index (χ1n) is 6.05. The van der Waals surface area contributed by atoms with Crippen LogP contribution in [0.25, 0.3) is 0 Å². The van der Waals surface area contributed by atoms with Gasteiger partial charge in [-0.1, -0.05) is 24.9 Å². The Morgan fingerprint density at radius 3 is 2.50 bits per heavy atom. The van der Waals surface area contributed by atoms with E-state index in [-0.39, 0.29) is 11.6 Å². The number of carbonyl (C=O) groups excluding carboxylic acids is 1. The molecule has 0 bridgehead atoms. The maximum atomic E-state index is 13.6. The van der Waals surface area contributed by atoms with Crippen molar-refractivity contribution in [2.24, 2.45) is 0 Å². The highest BCUT2D eigenvalue weighted by molar-refractivity contribution is 6.30. The van der Waals surface area contributed by atoms with Gasteiger partial charge in [-0.3, -0.25) is 4.79 Å². The highest BCUT2D eigenvalue weighted by Gasteiger charge is 2.33. The van der Waals surface area contributed by atoms with Crippen molar-refractivity contribution in [1.82, 2.24) is 4.90 Å². The van der Waals surface area contributed by atoms with E-state index >= 15 is 0 Å². The average molecular weight is 312 g/mol. The fraction of sp³-hybridized carbons (Fsp3) is 0.462. The quantitative estimate of drug-likeness (QED) is 0.743. The Morgan fingerprint density at radius 1 is 1.35 bits per heavy atom. The van der Waals surface area contributed by atoms with Crippen LogP contribution < -0.4 is 0 Å². The molecule has 2 nitrogen and oxygen atoms in total. The van der Waals surface area contributed by atoms with Crippen LogP contribution in [0.4, 0.5) is 17.6 Å². The highest BCUT2D eigenvalue weighted by Crippen LogP contribution is 2.21. The van der Waals surface area contributed by atoms with Crippen LogP contribution in [-0.4, -0.2) is 30.1 Å². The Morgan fingerprint density at radius 2 is 2.00 bits per heavy atom. The summed E-state index contributed by atoms with van der Waals surface area (Å²) in [5, 5.41) is 0.0787. The molecule has 1 amide bonds. The SMILES string of the molecule is CCCCN(CC(F)(F)F)C(=O)c1ccc(Cl)cc1F. The normalized spacial score (nSPS) is 11.5. The molecule has 0 atom stereocenters. The van der Waals surface area contributed by atoms with Crippen molar-refractivity contribution >= 4 is 17.5 Å². The molecule has 1 rings (SSSR count). The third kappa shape index (κ3) is 5.00. The van der Waals surface area contributed by atoms with Crippen LogP contribution in [0.2, 0.25) is 5.02 Å². The summed E-state index contributed by atoms with van der Waals surface area (Å²) in [4.78, 5) is 12.6. The number of carbonyl (C=O) groups is 1. The van der Waals surface area contributed by atoms with E-state index in [2.05, 4.69) is 0 Å². The summed E-state index contributed by atoms with van der Waals surface area (Å²) < 4.78 is 51.0. The number of hydrogen-bond acceptors (Lipinski definition) is 1. The van der Waals surface area contributed by atoms with Crippen LogP contribution in [-0.2, 0) is 0 Å². The molecular weight excluding hydrogens is 298 g/mol. The molecule has 0 saturated heterocycles. The summed E-state index contributed by atoms with van der Waals surface area (Å²) in [6.45, 7) is 0.323. The molecule has 0 fully saturated rings. The number of alkyl halides is 3. The maximum absolute atomic E-state index is 13.6. The van der Waals surface area contributed by atoms with E-state index in [1.807, 2.05) is 0 Å². The van der Waals surface area contributed by atoms with Gasteiger partial charge in [0.2, 0.25) is 0 Å². The number of rotatable bonds is 5. The smallest absolute Gasteiger partial charge is 0.329 e. The second kappa shape index (κ2) is 6.92. The van der Waals surface area contributed by atoms with Gasteiger partial charge in [-0.25, -0.2) is 4.39 Å². The van der Waals surface area contributed by atoms with E-state index in [4.69, 9.17) is 11.6 Å². The first kappa shape index (κ1) is 16.8. The summed E-state index contributed by atoms with van der Waals surface area (Å²) in [5.41, 5.74) is -0.408. The van der Waals surface area contributed by atoms with Gasteiger partial charge in [0.15, 0.2) is 0 Å². The zero-order chi connectivity index (χ0) is 15.3. The van der Waals surface area contributed by atoms with Crippen LogP contribution in [0.1, 0.15) is 30.1 Å². The molecule has 0 unspecified atom stereocenters. The van der Waals surface area contributed by atoms with Gasteiger partial charge in [-0.15, -0.1) is 0 Å². The van der Waals surface area contributed by atoms with E-state index in [1.165, 1.54) is 6.07 Å². The second-order valence-corrected chi connectivity index (χ2v) is 4.76. The molecule has 7 heteroatoms. The molecule has 0 radical (unpaired) electrons. The molecular formula is C13H14ClF4NO. The number of hydrogen-bond donors (Lipinski definition) is 0. The standard InChI is InChI=1S/C13H14ClF4NO/c1-2-3-6-19(8-13(16,17)18)12(20)10-5-4-9(14)7-11(10)15/h4-5,7H,2-3,6,8H2,1H3. The maximum Gasteiger partial charge on any atom is 0.406 e. The molecule has 0 N–H and O–H groups in total. The van der Waals surface area contributed by atoms with Crippen molar-refractivity contribution in [3.63, 3.8) is 0 Å². The summed E-state index contributed by atoms with van der Waals surface area (Å²) >= 11 is 5.55. The summed E-state index contributed by atoms with van der Waals surface area (Å²) in [6, 6.07) is 3.26. The number of halogens is 5. The van der Waals surface area contributed by atoms with Crippen molar-refractivity contribution in [3.05, 3.63) is 34.6 Å². The van der Waals surface area contributed by atoms with Gasteiger partial charge in [-0.2, -0.15) is 13.2 Å². The van der Waals surface area contributed by atoms with Crippen molar-refractivity contribution < 1.29 is 22.4 Å². The summed E-state index contributed by atoms with van der Waals surface area (Å²) in [6.07, 6.45) is -3.48. The van der Waals surface area contributed by atoms with Gasteiger partial charge in [-0.05, 0) is 24.6 Å². The minimum absolute atomic E-state index is 0.0725. The Hall–Kier alpha value is -1.30. The minimum Gasteiger partial charge on any atom is -0.329 e. The Balaban J connectivity index is 2.96. The van der Waals surface area contributed by atoms with Gasteiger partial charge >= 0.3 is 6.18 Å². The minimum atomic E-state index is -4.52. The molecule has 0 heterocycles. The third-order valence-corrected chi connectivity index (χ3v) is 2.84. The second-order valence-electron chi connectivity index (χ2n) is 4.32. The first-order chi connectivity index (χ1) is 9.24. The summed E-state index contributed by atoms with van der Waals surface area (Å²) in [5.74, 6) is -1.91. The van der Waals surface area contributed by atoms with Crippen molar-refractivity contribution in [1.29, 1.82) is 0 Å². The molecule has 0 aromatic heterocycles. The van der Waals surface area contributed by atoms with E-state index in [0.29, 0.717) is 17.7 Å². The fourth-order valence-electron chi connectivity index (χ4n) is 1.65. The van der Waals surface area contributed by atoms with Gasteiger partial charge in [0, 0.05) is 11.6 Å². The molecule has 0 saturated carbocycles. The molecule has 20 heavy (non-hydrogen) atoms. The number of unbranched alkanes of at least 4 members (excludes halogenated alkanes) is 1. The highest BCUT2D eigenvalue weighted by atomic mass is 35.5. The fourth-order valence-corrected chi connectivity index (χ4v) is 1.81. The molecule has 1 aromatic carbocycles. The Labute approximate surface area is 119 Å². The lowest BCUT2D eigenvalue weighted by Gasteiger charge is -2.24. The van der Waals surface area contributed by atoms with E-state index < -0.39 is 30.0 Å². The van der Waals surface area contributed by atoms with Crippen LogP contribution in [0, 0.1) is 5.82 Å². The van der Waals surface area contributed by atoms with E-state index in [9.17, 15) is 22.4 Å². The van der Waals surface area contributed by atoms with E-state index in [0.717, 1.165) is 12.1 Å². The van der Waals surface area contributed by atoms with Crippen molar-refractivity contribution in [2.75, 3.05) is 13.1 Å². The average Bonchev–Trinajstić information content (AvgIpc) is 2.32. The van der Waals surface area contributed by atoms with Gasteiger partial charge in [0.1, 0.15) is 12.4 Å². The molecule has 0 aliphatic rings. The van der Waals surface area contributed by atoms with Crippen LogP contribution in [0.3, 0.4) is 0 Å². The third-order valence-electron chi connectivity index (χ3n) is 2.60. The predicted molar refractivity (Wildman–Crippen MR) is 68.3 cm³/mol. The Kier molecular flexibility index (Phi) is 5.80. The monoisotopic (exact) mass is 311 g/mol. The van der Waals surface area contributed by atoms with Gasteiger partial charge in [0.05, 0.1) is 5.56 Å². The molecule has 112 valence electrons. The van der Waals surface area contributed by atoms with Gasteiger partial charge < -0.3 is 4.90 Å². The van der Waals surface area contributed by atoms with Crippen molar-refractivity contribution in [2.45, 2.75) is 25.9 Å². The largest absolute Gasteiger partial charge is 0.406 e. The number of amides is 1. The van der Waals surface area contributed by atoms with Crippen LogP contribution in [0.15, 0.2) is 18.2 Å². The molecule has 0 aliphatic heterocycles. The first-order valence-corrected chi connectivity index (χ1v) is 6.43. The van der Waals surface area contributed by atoms with Crippen molar-refractivity contribution in [3.8, 4) is 0 Å². The summed E-state index contributed by atoms with van der Waals surface area (Å²) in [7, 11) is 0. The zero-order valence-electron chi connectivity index (χ0n) is 10.8. The Bertz CT molecular complexity index is 476. The molecule has 0 aliphatic carbocycles. The lowest BCUT2D eigenvalue weighted by Crippen LogP contribution is -2.40. The molecule has 0 spiro atoms. The lowest BCUT2D eigenvalue weighted by molar-refractivity contribution is -0.140. The number of nitrogens with zero attached hydrogens (tertiary/aromatic N) is 1. The van der Waals surface area contributed by atoms with Crippen LogP contribution in [0.5, 0.6) is 0 Å². The lowest BCUT2D eigenvalue weighted by atomic mass is 10.1. The topological polar surface area (TPSA) is 20.3 Å². The van der Waals surface area contributed by atoms with Crippen LogP contribution >= 0.6 is 11.6 Å². The number of benzene rings is 1.